The van der Waals surface area contributed by atoms with E-state index < -0.39 is 5.92 Å². The quantitative estimate of drug-likeness (QED) is 0.574. The average molecular weight is 534 g/mol. The van der Waals surface area contributed by atoms with E-state index in [1.807, 2.05) is 13.1 Å². The Bertz CT molecular complexity index is 1230. The Morgan fingerprint density at radius 1 is 0.897 bits per heavy atom. The highest BCUT2D eigenvalue weighted by Gasteiger charge is 2.34. The lowest BCUT2D eigenvalue weighted by atomic mass is 10.0. The number of nitrogens with zero attached hydrogens (tertiary/aromatic N) is 7. The molecule has 2 amide bonds. The summed E-state index contributed by atoms with van der Waals surface area (Å²) in [6, 6.07) is 6.34. The van der Waals surface area contributed by atoms with E-state index in [9.17, 15) is 9.59 Å². The van der Waals surface area contributed by atoms with Crippen molar-refractivity contribution in [3.63, 3.8) is 0 Å². The third-order valence-corrected chi connectivity index (χ3v) is 7.78. The van der Waals surface area contributed by atoms with Gasteiger partial charge in [-0.1, -0.05) is 0 Å². The zero-order chi connectivity index (χ0) is 27.4. The number of amides is 2. The predicted octanol–water partition coefficient (Wildman–Crippen LogP) is 2.15. The summed E-state index contributed by atoms with van der Waals surface area (Å²) in [7, 11) is 6.13. The fourth-order valence-corrected chi connectivity index (χ4v) is 5.38. The van der Waals surface area contributed by atoms with Crippen molar-refractivity contribution in [3.8, 4) is 0 Å². The third-order valence-electron chi connectivity index (χ3n) is 7.78. The second kappa shape index (κ2) is 12.1. The summed E-state index contributed by atoms with van der Waals surface area (Å²) in [6.07, 6.45) is 5.47. The summed E-state index contributed by atoms with van der Waals surface area (Å²) < 4.78 is 0. The van der Waals surface area contributed by atoms with E-state index in [1.54, 1.807) is 11.1 Å². The summed E-state index contributed by atoms with van der Waals surface area (Å²) in [6.45, 7) is 6.79. The highest BCUT2D eigenvalue weighted by Crippen LogP contribution is 2.35. The lowest BCUT2D eigenvalue weighted by molar-refractivity contribution is -0.129. The summed E-state index contributed by atoms with van der Waals surface area (Å²) in [5.41, 5.74) is 3.95. The number of piperazine rings is 1. The van der Waals surface area contributed by atoms with E-state index in [4.69, 9.17) is 4.99 Å². The van der Waals surface area contributed by atoms with Crippen molar-refractivity contribution in [1.82, 2.24) is 24.7 Å². The number of carbonyl (C=O) groups excluding carboxylic acids is 2. The lowest BCUT2D eigenvalue weighted by Gasteiger charge is -2.35. The first-order valence-corrected chi connectivity index (χ1v) is 13.8. The van der Waals surface area contributed by atoms with Crippen LogP contribution in [0.3, 0.4) is 0 Å². The number of benzene rings is 1. The number of fused-ring (bicyclic) bond motifs is 2. The molecule has 39 heavy (non-hydrogen) atoms. The molecule has 208 valence electrons. The Labute approximate surface area is 230 Å². The Morgan fingerprint density at radius 2 is 1.69 bits per heavy atom. The zero-order valence-corrected chi connectivity index (χ0v) is 23.2. The molecule has 1 unspecified atom stereocenters. The normalized spacial score (nSPS) is 22.0. The molecule has 0 saturated carbocycles. The van der Waals surface area contributed by atoms with E-state index >= 15 is 0 Å². The van der Waals surface area contributed by atoms with Gasteiger partial charge in [0.15, 0.2) is 0 Å². The number of hydrogen-bond acceptors (Lipinski definition) is 9. The van der Waals surface area contributed by atoms with E-state index in [2.05, 4.69) is 61.5 Å². The first-order valence-electron chi connectivity index (χ1n) is 13.8. The van der Waals surface area contributed by atoms with Gasteiger partial charge in [0.05, 0.1) is 11.3 Å². The highest BCUT2D eigenvalue weighted by molar-refractivity contribution is 6.13. The number of likely N-dealkylation sites (N-methyl/N-ethyl adjacent to an activating group) is 2. The van der Waals surface area contributed by atoms with Gasteiger partial charge in [0.2, 0.25) is 11.8 Å². The molecule has 11 heteroatoms. The van der Waals surface area contributed by atoms with Crippen LogP contribution < -0.4 is 15.5 Å². The van der Waals surface area contributed by atoms with Crippen molar-refractivity contribution in [2.24, 2.45) is 4.99 Å². The van der Waals surface area contributed by atoms with Crippen molar-refractivity contribution in [2.75, 3.05) is 82.5 Å². The second-order valence-corrected chi connectivity index (χ2v) is 10.8. The maximum absolute atomic E-state index is 12.9. The number of rotatable bonds is 1. The predicted molar refractivity (Wildman–Crippen MR) is 154 cm³/mol. The minimum Gasteiger partial charge on any atom is -0.369 e. The van der Waals surface area contributed by atoms with Gasteiger partial charge in [-0.05, 0) is 57.2 Å². The van der Waals surface area contributed by atoms with Gasteiger partial charge < -0.3 is 30.2 Å². The maximum atomic E-state index is 12.9. The van der Waals surface area contributed by atoms with Crippen LogP contribution in [0.1, 0.15) is 36.3 Å². The van der Waals surface area contributed by atoms with Gasteiger partial charge in [-0.3, -0.25) is 14.6 Å². The van der Waals surface area contributed by atoms with Crippen LogP contribution in [-0.4, -0.2) is 110 Å². The zero-order valence-electron chi connectivity index (χ0n) is 23.2. The lowest BCUT2D eigenvalue weighted by Crippen LogP contribution is -2.45. The molecular weight excluding hydrogens is 494 g/mol. The molecule has 2 bridgehead atoms. The molecule has 2 N–H and O–H groups in total. The van der Waals surface area contributed by atoms with Gasteiger partial charge in [-0.25, -0.2) is 9.97 Å². The Hall–Kier alpha value is -3.57. The van der Waals surface area contributed by atoms with Crippen molar-refractivity contribution in [2.45, 2.75) is 31.7 Å². The molecule has 1 atom stereocenters. The number of aliphatic imine (C=N–C) groups is 1. The van der Waals surface area contributed by atoms with Gasteiger partial charge >= 0.3 is 0 Å². The van der Waals surface area contributed by atoms with Crippen molar-refractivity contribution in [1.29, 1.82) is 0 Å². The van der Waals surface area contributed by atoms with Crippen LogP contribution in [0.25, 0.3) is 0 Å². The van der Waals surface area contributed by atoms with Crippen molar-refractivity contribution in [3.05, 3.63) is 35.7 Å². The second-order valence-electron chi connectivity index (χ2n) is 10.8. The molecule has 11 nitrogen and oxygen atoms in total. The summed E-state index contributed by atoms with van der Waals surface area (Å²) in [4.78, 5) is 47.9. The largest absolute Gasteiger partial charge is 0.369 e. The number of anilines is 3. The molecule has 1 aromatic heterocycles. The Balaban J connectivity index is 1.46. The van der Waals surface area contributed by atoms with E-state index in [0.29, 0.717) is 36.7 Å². The number of hydrogen-bond donors (Lipinski definition) is 2. The van der Waals surface area contributed by atoms with Crippen LogP contribution in [-0.2, 0) is 16.1 Å². The van der Waals surface area contributed by atoms with E-state index in [0.717, 1.165) is 57.8 Å². The van der Waals surface area contributed by atoms with Crippen LogP contribution in [0, 0.1) is 0 Å². The van der Waals surface area contributed by atoms with Gasteiger partial charge in [0.25, 0.3) is 0 Å². The SMILES string of the molecule is CN1CCN(c2ccc3cc2CN(C)CCCCC(=O)N(C)CCNc2ncnc4c2C(C=N3)C(=O)N4)CC1. The highest BCUT2D eigenvalue weighted by atomic mass is 16.2. The first kappa shape index (κ1) is 27.0. The molecule has 4 heterocycles. The van der Waals surface area contributed by atoms with Crippen LogP contribution in [0.4, 0.5) is 23.0 Å². The van der Waals surface area contributed by atoms with Gasteiger partial charge in [-0.15, -0.1) is 0 Å². The first-order chi connectivity index (χ1) is 18.9. The van der Waals surface area contributed by atoms with Crippen LogP contribution in [0.5, 0.6) is 0 Å². The summed E-state index contributed by atoms with van der Waals surface area (Å²) in [5.74, 6) is 0.438. The fraction of sp³-hybridized carbons (Fsp3) is 0.536. The van der Waals surface area contributed by atoms with Crippen LogP contribution in [0.15, 0.2) is 29.5 Å². The van der Waals surface area contributed by atoms with Crippen LogP contribution >= 0.6 is 0 Å². The molecule has 5 rings (SSSR count). The molecule has 1 fully saturated rings. The van der Waals surface area contributed by atoms with Gasteiger partial charge in [0.1, 0.15) is 23.9 Å². The molecule has 1 saturated heterocycles. The number of carbonyl (C=O) groups is 2. The Morgan fingerprint density at radius 3 is 2.51 bits per heavy atom. The smallest absolute Gasteiger partial charge is 0.238 e. The Kier molecular flexibility index (Phi) is 8.37. The maximum Gasteiger partial charge on any atom is 0.238 e. The molecule has 1 aromatic carbocycles. The molecule has 0 spiro atoms. The average Bonchev–Trinajstić information content (AvgIpc) is 3.25. The summed E-state index contributed by atoms with van der Waals surface area (Å²) >= 11 is 0. The standard InChI is InChI=1S/C28H39N9O2/c1-34-12-14-37(15-13-34)23-8-7-21-16-20(23)18-35(2)10-5-4-6-24(38)36(3)11-9-29-26-25-22(17-30-21)28(39)33-27(25)32-19-31-26/h7-8,16-17,19,22H,4-6,9-15,18H2,1-3H3,(H2,29,31,32,33,39). The monoisotopic (exact) mass is 533 g/mol. The molecule has 0 radical (unpaired) electrons. The van der Waals surface area contributed by atoms with Crippen LogP contribution in [0.2, 0.25) is 0 Å². The molecule has 3 aliphatic heterocycles. The number of aromatic nitrogens is 2. The molecule has 0 aliphatic carbocycles. The molecule has 2 aromatic rings. The third kappa shape index (κ3) is 6.36. The molecule has 3 aliphatic rings. The van der Waals surface area contributed by atoms with Crippen molar-refractivity contribution >= 4 is 41.0 Å². The van der Waals surface area contributed by atoms with Gasteiger partial charge in [-0.2, -0.15) is 0 Å². The van der Waals surface area contributed by atoms with E-state index in [1.165, 1.54) is 17.6 Å². The molecular formula is C28H39N9O2. The number of nitrogens with one attached hydrogen (secondary N) is 2. The summed E-state index contributed by atoms with van der Waals surface area (Å²) in [5, 5.41) is 6.16. The minimum absolute atomic E-state index is 0.136. The topological polar surface area (TPSA) is 109 Å². The van der Waals surface area contributed by atoms with Crippen molar-refractivity contribution < 1.29 is 9.59 Å². The van der Waals surface area contributed by atoms with E-state index in [-0.39, 0.29) is 11.8 Å². The van der Waals surface area contributed by atoms with Gasteiger partial charge in [0, 0.05) is 71.2 Å². The minimum atomic E-state index is -0.603. The fourth-order valence-electron chi connectivity index (χ4n) is 5.38.